The standard InChI is InChI=1S/C13H18F3N3O2S/c1-19(2)11(9-3-4-9)8-18-22(20,21)10-5-6-12(17-7-10)13(14,15)16/h5-7,9,11,18H,3-4,8H2,1-2H3. The summed E-state index contributed by atoms with van der Waals surface area (Å²) in [5.41, 5.74) is -1.12. The van der Waals surface area contributed by atoms with Gasteiger partial charge in [0.15, 0.2) is 0 Å². The van der Waals surface area contributed by atoms with Gasteiger partial charge in [-0.1, -0.05) is 0 Å². The summed E-state index contributed by atoms with van der Waals surface area (Å²) in [7, 11) is -0.119. The Morgan fingerprint density at radius 3 is 2.41 bits per heavy atom. The number of nitrogens with one attached hydrogen (secondary N) is 1. The third-order valence-corrected chi connectivity index (χ3v) is 5.06. The van der Waals surface area contributed by atoms with E-state index in [0.29, 0.717) is 12.0 Å². The van der Waals surface area contributed by atoms with Crippen molar-refractivity contribution in [3.8, 4) is 0 Å². The molecule has 0 spiro atoms. The molecule has 1 N–H and O–H groups in total. The molecule has 0 aromatic carbocycles. The first-order valence-electron chi connectivity index (χ1n) is 6.80. The number of aromatic nitrogens is 1. The van der Waals surface area contributed by atoms with E-state index in [0.717, 1.165) is 25.1 Å². The molecule has 0 aliphatic heterocycles. The van der Waals surface area contributed by atoms with Crippen molar-refractivity contribution in [3.63, 3.8) is 0 Å². The van der Waals surface area contributed by atoms with Gasteiger partial charge in [0.1, 0.15) is 10.6 Å². The number of alkyl halides is 3. The lowest BCUT2D eigenvalue weighted by molar-refractivity contribution is -0.141. The molecule has 1 aromatic rings. The van der Waals surface area contributed by atoms with Crippen molar-refractivity contribution in [2.24, 2.45) is 5.92 Å². The van der Waals surface area contributed by atoms with Crippen molar-refractivity contribution in [2.75, 3.05) is 20.6 Å². The van der Waals surface area contributed by atoms with Crippen LogP contribution in [-0.2, 0) is 16.2 Å². The molecule has 5 nitrogen and oxygen atoms in total. The van der Waals surface area contributed by atoms with Crippen LogP contribution in [0.2, 0.25) is 0 Å². The van der Waals surface area contributed by atoms with Crippen LogP contribution in [0.4, 0.5) is 13.2 Å². The summed E-state index contributed by atoms with van der Waals surface area (Å²) >= 11 is 0. The monoisotopic (exact) mass is 337 g/mol. The predicted molar refractivity (Wildman–Crippen MR) is 74.6 cm³/mol. The van der Waals surface area contributed by atoms with E-state index >= 15 is 0 Å². The van der Waals surface area contributed by atoms with E-state index in [4.69, 9.17) is 0 Å². The Kier molecular flexibility index (Phi) is 4.78. The third kappa shape index (κ3) is 4.17. The van der Waals surface area contributed by atoms with Gasteiger partial charge in [0.25, 0.3) is 0 Å². The Hall–Kier alpha value is -1.19. The fraction of sp³-hybridized carbons (Fsp3) is 0.615. The van der Waals surface area contributed by atoms with E-state index in [1.807, 2.05) is 19.0 Å². The topological polar surface area (TPSA) is 62.3 Å². The quantitative estimate of drug-likeness (QED) is 0.859. The van der Waals surface area contributed by atoms with Gasteiger partial charge in [-0.3, -0.25) is 4.98 Å². The molecule has 0 bridgehead atoms. The number of likely N-dealkylation sites (N-methyl/N-ethyl adjacent to an activating group) is 1. The van der Waals surface area contributed by atoms with Crippen LogP contribution in [0.1, 0.15) is 18.5 Å². The third-order valence-electron chi connectivity index (χ3n) is 3.65. The van der Waals surface area contributed by atoms with E-state index < -0.39 is 21.9 Å². The summed E-state index contributed by atoms with van der Waals surface area (Å²) in [5.74, 6) is 0.462. The van der Waals surface area contributed by atoms with Gasteiger partial charge in [-0.15, -0.1) is 0 Å². The molecule has 2 rings (SSSR count). The largest absolute Gasteiger partial charge is 0.433 e. The fourth-order valence-corrected chi connectivity index (χ4v) is 3.23. The van der Waals surface area contributed by atoms with E-state index in [1.165, 1.54) is 0 Å². The first kappa shape index (κ1) is 17.2. The SMILES string of the molecule is CN(C)C(CNS(=O)(=O)c1ccc(C(F)(F)F)nc1)C1CC1. The van der Waals surface area contributed by atoms with Gasteiger partial charge in [-0.25, -0.2) is 13.1 Å². The maximum atomic E-state index is 12.4. The van der Waals surface area contributed by atoms with Gasteiger partial charge in [-0.2, -0.15) is 13.2 Å². The minimum absolute atomic E-state index is 0.0807. The second kappa shape index (κ2) is 6.13. The summed E-state index contributed by atoms with van der Waals surface area (Å²) in [6.07, 6.45) is -1.73. The van der Waals surface area contributed by atoms with Crippen LogP contribution >= 0.6 is 0 Å². The highest BCUT2D eigenvalue weighted by Crippen LogP contribution is 2.34. The average Bonchev–Trinajstić information content (AvgIpc) is 3.22. The van der Waals surface area contributed by atoms with Crippen LogP contribution in [-0.4, -0.2) is 45.0 Å². The number of rotatable bonds is 6. The van der Waals surface area contributed by atoms with Crippen LogP contribution in [0.3, 0.4) is 0 Å². The van der Waals surface area contributed by atoms with E-state index in [1.54, 1.807) is 0 Å². The molecule has 1 aliphatic rings. The zero-order valence-electron chi connectivity index (χ0n) is 12.3. The van der Waals surface area contributed by atoms with Gasteiger partial charge in [-0.05, 0) is 45.0 Å². The van der Waals surface area contributed by atoms with Crippen molar-refractivity contribution in [1.82, 2.24) is 14.6 Å². The maximum Gasteiger partial charge on any atom is 0.433 e. The van der Waals surface area contributed by atoms with Crippen molar-refractivity contribution in [2.45, 2.75) is 30.0 Å². The minimum Gasteiger partial charge on any atom is -0.305 e. The number of nitrogens with zero attached hydrogens (tertiary/aromatic N) is 2. The van der Waals surface area contributed by atoms with E-state index in [-0.39, 0.29) is 17.5 Å². The van der Waals surface area contributed by atoms with Crippen LogP contribution in [0.25, 0.3) is 0 Å². The first-order chi connectivity index (χ1) is 10.1. The smallest absolute Gasteiger partial charge is 0.305 e. The molecule has 1 fully saturated rings. The van der Waals surface area contributed by atoms with Gasteiger partial charge < -0.3 is 4.90 Å². The van der Waals surface area contributed by atoms with E-state index in [2.05, 4.69) is 9.71 Å². The molecule has 1 aromatic heterocycles. The lowest BCUT2D eigenvalue weighted by Gasteiger charge is -2.24. The molecule has 0 radical (unpaired) electrons. The van der Waals surface area contributed by atoms with Crippen molar-refractivity contribution >= 4 is 10.0 Å². The second-order valence-corrected chi connectivity index (χ2v) is 7.36. The molecular formula is C13H18F3N3O2S. The zero-order valence-corrected chi connectivity index (χ0v) is 13.1. The highest BCUT2D eigenvalue weighted by Gasteiger charge is 2.34. The van der Waals surface area contributed by atoms with Crippen molar-refractivity contribution < 1.29 is 21.6 Å². The minimum atomic E-state index is -4.59. The second-order valence-electron chi connectivity index (χ2n) is 5.60. The number of hydrogen-bond donors (Lipinski definition) is 1. The first-order valence-corrected chi connectivity index (χ1v) is 8.29. The average molecular weight is 337 g/mol. The summed E-state index contributed by atoms with van der Waals surface area (Å²) in [4.78, 5) is 4.85. The van der Waals surface area contributed by atoms with E-state index in [9.17, 15) is 21.6 Å². The van der Waals surface area contributed by atoms with Crippen LogP contribution in [0.15, 0.2) is 23.2 Å². The highest BCUT2D eigenvalue weighted by atomic mass is 32.2. The normalized spacial score (nSPS) is 17.7. The molecular weight excluding hydrogens is 319 g/mol. The Balaban J connectivity index is 2.06. The Morgan fingerprint density at radius 1 is 1.36 bits per heavy atom. The summed E-state index contributed by atoms with van der Waals surface area (Å²) in [5, 5.41) is 0. The van der Waals surface area contributed by atoms with Crippen LogP contribution in [0.5, 0.6) is 0 Å². The predicted octanol–water partition coefficient (Wildman–Crippen LogP) is 1.72. The molecule has 9 heteroatoms. The summed E-state index contributed by atoms with van der Waals surface area (Å²) < 4.78 is 63.9. The lowest BCUT2D eigenvalue weighted by Crippen LogP contribution is -2.41. The Labute approximate surface area is 127 Å². The van der Waals surface area contributed by atoms with Gasteiger partial charge >= 0.3 is 6.18 Å². The molecule has 1 unspecified atom stereocenters. The molecule has 1 aliphatic carbocycles. The van der Waals surface area contributed by atoms with Gasteiger partial charge in [0, 0.05) is 18.8 Å². The maximum absolute atomic E-state index is 12.4. The lowest BCUT2D eigenvalue weighted by atomic mass is 10.2. The molecule has 124 valence electrons. The highest BCUT2D eigenvalue weighted by molar-refractivity contribution is 7.89. The number of sulfonamides is 1. The molecule has 1 saturated carbocycles. The van der Waals surface area contributed by atoms with Crippen LogP contribution in [0, 0.1) is 5.92 Å². The Bertz CT molecular complexity index is 608. The fourth-order valence-electron chi connectivity index (χ4n) is 2.24. The summed E-state index contributed by atoms with van der Waals surface area (Å²) in [6, 6.07) is 1.66. The molecule has 1 atom stereocenters. The number of pyridine rings is 1. The molecule has 1 heterocycles. The molecule has 22 heavy (non-hydrogen) atoms. The number of hydrogen-bond acceptors (Lipinski definition) is 4. The summed E-state index contributed by atoms with van der Waals surface area (Å²) in [6.45, 7) is 0.223. The van der Waals surface area contributed by atoms with Crippen LogP contribution < -0.4 is 4.72 Å². The Morgan fingerprint density at radius 2 is 2.00 bits per heavy atom. The molecule has 0 amide bonds. The zero-order chi connectivity index (χ0) is 16.5. The number of halogens is 3. The molecule has 0 saturated heterocycles. The van der Waals surface area contributed by atoms with Crippen molar-refractivity contribution in [1.29, 1.82) is 0 Å². The van der Waals surface area contributed by atoms with Gasteiger partial charge in [0.2, 0.25) is 10.0 Å². The van der Waals surface area contributed by atoms with Crippen molar-refractivity contribution in [3.05, 3.63) is 24.0 Å². The van der Waals surface area contributed by atoms with Gasteiger partial charge in [0.05, 0.1) is 0 Å².